The molecule has 21 heavy (non-hydrogen) atoms. The molecule has 2 aliphatic rings. The summed E-state index contributed by atoms with van der Waals surface area (Å²) >= 11 is 1.74. The number of morpholine rings is 1. The Balaban J connectivity index is 1.39. The monoisotopic (exact) mass is 311 g/mol. The molecule has 0 aliphatic carbocycles. The number of fused-ring (bicyclic) bond motifs is 1. The molecule has 6 heteroatoms. The molecule has 3 rings (SSSR count). The number of nitrogens with zero attached hydrogens (tertiary/aromatic N) is 1. The maximum atomic E-state index is 10.1. The van der Waals surface area contributed by atoms with Crippen LogP contribution >= 0.6 is 11.8 Å². The Kier molecular flexibility index (Phi) is 5.24. The maximum absolute atomic E-state index is 10.1. The molecule has 2 aliphatic heterocycles. The first-order valence-corrected chi connectivity index (χ1v) is 8.41. The van der Waals surface area contributed by atoms with Crippen LogP contribution in [0, 0.1) is 0 Å². The summed E-state index contributed by atoms with van der Waals surface area (Å²) in [5, 5.41) is 10.1. The second-order valence-electron chi connectivity index (χ2n) is 5.27. The fourth-order valence-corrected chi connectivity index (χ4v) is 3.39. The number of rotatable bonds is 6. The molecule has 0 amide bonds. The zero-order valence-electron chi connectivity index (χ0n) is 12.0. The molecule has 1 unspecified atom stereocenters. The van der Waals surface area contributed by atoms with Gasteiger partial charge in [0.25, 0.3) is 0 Å². The Morgan fingerprint density at radius 1 is 1.19 bits per heavy atom. The quantitative estimate of drug-likeness (QED) is 0.856. The second-order valence-corrected chi connectivity index (χ2v) is 6.30. The second kappa shape index (κ2) is 7.35. The van der Waals surface area contributed by atoms with Crippen LogP contribution < -0.4 is 9.47 Å². The minimum atomic E-state index is -0.290. The fraction of sp³-hybridized carbons (Fsp3) is 0.600. The van der Waals surface area contributed by atoms with Crippen LogP contribution in [0.5, 0.6) is 11.5 Å². The number of benzene rings is 1. The predicted octanol–water partition coefficient (Wildman–Crippen LogP) is 1.34. The molecule has 1 aromatic carbocycles. The van der Waals surface area contributed by atoms with Crippen molar-refractivity contribution in [1.82, 2.24) is 4.90 Å². The zero-order valence-corrected chi connectivity index (χ0v) is 12.8. The average molecular weight is 311 g/mol. The molecule has 0 radical (unpaired) electrons. The van der Waals surface area contributed by atoms with Gasteiger partial charge in [-0.3, -0.25) is 4.90 Å². The summed E-state index contributed by atoms with van der Waals surface area (Å²) in [6.07, 6.45) is -0.290. The van der Waals surface area contributed by atoms with Crippen molar-refractivity contribution in [2.45, 2.75) is 11.9 Å². The van der Waals surface area contributed by atoms with Crippen LogP contribution in [0.1, 0.15) is 5.56 Å². The first-order valence-electron chi connectivity index (χ1n) is 7.26. The van der Waals surface area contributed by atoms with Crippen LogP contribution in [0.15, 0.2) is 18.2 Å². The van der Waals surface area contributed by atoms with E-state index >= 15 is 0 Å². The fourth-order valence-electron chi connectivity index (χ4n) is 2.48. The highest BCUT2D eigenvalue weighted by atomic mass is 32.2. The average Bonchev–Trinajstić information content (AvgIpc) is 2.96. The smallest absolute Gasteiger partial charge is 0.231 e. The molecule has 0 aromatic heterocycles. The Bertz CT molecular complexity index is 465. The van der Waals surface area contributed by atoms with Crippen LogP contribution in [0.2, 0.25) is 0 Å². The lowest BCUT2D eigenvalue weighted by Crippen LogP contribution is -2.41. The Morgan fingerprint density at radius 2 is 2.00 bits per heavy atom. The van der Waals surface area contributed by atoms with Gasteiger partial charge in [0.1, 0.15) is 0 Å². The topological polar surface area (TPSA) is 51.2 Å². The SMILES string of the molecule is OC(CSCc1ccc2c(c1)OCO2)CN1CCOCC1. The van der Waals surface area contributed by atoms with Crippen LogP contribution in [0.4, 0.5) is 0 Å². The molecule has 1 atom stereocenters. The van der Waals surface area contributed by atoms with Gasteiger partial charge in [-0.2, -0.15) is 11.8 Å². The van der Waals surface area contributed by atoms with Crippen LogP contribution in [-0.2, 0) is 10.5 Å². The van der Waals surface area contributed by atoms with Gasteiger partial charge in [0.05, 0.1) is 19.3 Å². The Morgan fingerprint density at radius 3 is 2.86 bits per heavy atom. The Labute approximate surface area is 129 Å². The van der Waals surface area contributed by atoms with E-state index in [0.29, 0.717) is 6.79 Å². The van der Waals surface area contributed by atoms with Crippen molar-refractivity contribution in [2.24, 2.45) is 0 Å². The Hall–Kier alpha value is -0.950. The largest absolute Gasteiger partial charge is 0.454 e. The van der Waals surface area contributed by atoms with E-state index in [1.54, 1.807) is 11.8 Å². The lowest BCUT2D eigenvalue weighted by atomic mass is 10.2. The van der Waals surface area contributed by atoms with Gasteiger partial charge in [-0.15, -0.1) is 0 Å². The van der Waals surface area contributed by atoms with Crippen LogP contribution in [0.3, 0.4) is 0 Å². The van der Waals surface area contributed by atoms with Gasteiger partial charge in [0.2, 0.25) is 6.79 Å². The first-order chi connectivity index (χ1) is 10.3. The number of hydrogen-bond donors (Lipinski definition) is 1. The normalized spacial score (nSPS) is 19.7. The highest BCUT2D eigenvalue weighted by Crippen LogP contribution is 2.33. The lowest BCUT2D eigenvalue weighted by Gasteiger charge is -2.28. The van der Waals surface area contributed by atoms with E-state index in [0.717, 1.165) is 55.9 Å². The summed E-state index contributed by atoms with van der Waals surface area (Å²) in [4.78, 5) is 2.26. The number of β-amino-alcohol motifs (C(OH)–C–C–N with tert-alkyl or cyclic N) is 1. The number of thioether (sulfide) groups is 1. The molecule has 1 N–H and O–H groups in total. The van der Waals surface area contributed by atoms with Crippen molar-refractivity contribution >= 4 is 11.8 Å². The molecular weight excluding hydrogens is 290 g/mol. The molecule has 0 bridgehead atoms. The highest BCUT2D eigenvalue weighted by Gasteiger charge is 2.16. The van der Waals surface area contributed by atoms with Gasteiger partial charge < -0.3 is 19.3 Å². The number of aliphatic hydroxyl groups excluding tert-OH is 1. The van der Waals surface area contributed by atoms with Crippen molar-refractivity contribution in [3.05, 3.63) is 23.8 Å². The zero-order chi connectivity index (χ0) is 14.5. The summed E-state index contributed by atoms with van der Waals surface area (Å²) in [5.74, 6) is 3.25. The maximum Gasteiger partial charge on any atom is 0.231 e. The van der Waals surface area contributed by atoms with Crippen molar-refractivity contribution < 1.29 is 19.3 Å². The number of aliphatic hydroxyl groups is 1. The van der Waals surface area contributed by atoms with Crippen LogP contribution in [0.25, 0.3) is 0 Å². The number of ether oxygens (including phenoxy) is 3. The van der Waals surface area contributed by atoms with E-state index in [9.17, 15) is 5.11 Å². The minimum absolute atomic E-state index is 0.290. The van der Waals surface area contributed by atoms with Crippen molar-refractivity contribution in [3.8, 4) is 11.5 Å². The third-order valence-corrected chi connectivity index (χ3v) is 4.75. The van der Waals surface area contributed by atoms with Gasteiger partial charge in [0, 0.05) is 31.1 Å². The first kappa shape index (κ1) is 15.0. The molecule has 116 valence electrons. The molecule has 1 aromatic rings. The summed E-state index contributed by atoms with van der Waals surface area (Å²) < 4.78 is 16.0. The number of hydrogen-bond acceptors (Lipinski definition) is 6. The third kappa shape index (κ3) is 4.26. The van der Waals surface area contributed by atoms with Gasteiger partial charge in [-0.25, -0.2) is 0 Å². The predicted molar refractivity (Wildman–Crippen MR) is 82.0 cm³/mol. The van der Waals surface area contributed by atoms with Crippen molar-refractivity contribution in [1.29, 1.82) is 0 Å². The molecule has 0 saturated carbocycles. The van der Waals surface area contributed by atoms with Crippen LogP contribution in [-0.4, -0.2) is 61.5 Å². The summed E-state index contributed by atoms with van der Waals surface area (Å²) in [7, 11) is 0. The molecule has 1 fully saturated rings. The van der Waals surface area contributed by atoms with E-state index in [-0.39, 0.29) is 6.10 Å². The van der Waals surface area contributed by atoms with E-state index in [2.05, 4.69) is 11.0 Å². The molecular formula is C15H21NO4S. The minimum Gasteiger partial charge on any atom is -0.454 e. The van der Waals surface area contributed by atoms with Crippen molar-refractivity contribution in [3.63, 3.8) is 0 Å². The standard InChI is InChI=1S/C15H21NO4S/c17-13(8-16-3-5-18-6-4-16)10-21-9-12-1-2-14-15(7-12)20-11-19-14/h1-2,7,13,17H,3-6,8-11H2. The van der Waals surface area contributed by atoms with Gasteiger partial charge in [-0.05, 0) is 17.7 Å². The molecule has 5 nitrogen and oxygen atoms in total. The summed E-state index contributed by atoms with van der Waals surface area (Å²) in [6, 6.07) is 6.01. The molecule has 2 heterocycles. The van der Waals surface area contributed by atoms with E-state index < -0.39 is 0 Å². The van der Waals surface area contributed by atoms with Gasteiger partial charge in [0.15, 0.2) is 11.5 Å². The van der Waals surface area contributed by atoms with Crippen molar-refractivity contribution in [2.75, 3.05) is 45.4 Å². The van der Waals surface area contributed by atoms with Gasteiger partial charge in [-0.1, -0.05) is 6.07 Å². The molecule has 0 spiro atoms. The van der Waals surface area contributed by atoms with E-state index in [4.69, 9.17) is 14.2 Å². The molecule has 1 saturated heterocycles. The lowest BCUT2D eigenvalue weighted by molar-refractivity contribution is 0.0188. The highest BCUT2D eigenvalue weighted by molar-refractivity contribution is 7.98. The van der Waals surface area contributed by atoms with Gasteiger partial charge >= 0.3 is 0 Å². The summed E-state index contributed by atoms with van der Waals surface area (Å²) in [6.45, 7) is 4.43. The van der Waals surface area contributed by atoms with E-state index in [1.807, 2.05) is 12.1 Å². The summed E-state index contributed by atoms with van der Waals surface area (Å²) in [5.41, 5.74) is 1.20. The third-order valence-electron chi connectivity index (χ3n) is 3.59. The van der Waals surface area contributed by atoms with E-state index in [1.165, 1.54) is 5.56 Å².